The van der Waals surface area contributed by atoms with E-state index in [-0.39, 0.29) is 10.8 Å². The van der Waals surface area contributed by atoms with E-state index >= 15 is 0 Å². The maximum absolute atomic E-state index is 2.38. The molecular weight excluding hydrogens is 360 g/mol. The van der Waals surface area contributed by atoms with E-state index in [2.05, 4.69) is 100 Å². The molecule has 0 fully saturated rings. The maximum Gasteiger partial charge on any atom is 0.0159 e. The highest BCUT2D eigenvalue weighted by molar-refractivity contribution is 6.12. The van der Waals surface area contributed by atoms with E-state index in [4.69, 9.17) is 0 Å². The first-order chi connectivity index (χ1) is 14.4. The van der Waals surface area contributed by atoms with E-state index in [1.54, 1.807) is 0 Å². The maximum atomic E-state index is 2.38. The first-order valence-electron chi connectivity index (χ1n) is 11.2. The van der Waals surface area contributed by atoms with Crippen LogP contribution in [0.15, 0.2) is 72.8 Å². The van der Waals surface area contributed by atoms with Crippen molar-refractivity contribution < 1.29 is 0 Å². The summed E-state index contributed by atoms with van der Waals surface area (Å²) >= 11 is 0. The van der Waals surface area contributed by atoms with Gasteiger partial charge in [0.15, 0.2) is 0 Å². The minimum absolute atomic E-state index is 0.00184. The van der Waals surface area contributed by atoms with Gasteiger partial charge in [-0.25, -0.2) is 0 Å². The third-order valence-corrected chi connectivity index (χ3v) is 7.29. The van der Waals surface area contributed by atoms with Gasteiger partial charge in [0.05, 0.1) is 0 Å². The smallest absolute Gasteiger partial charge is 0.0159 e. The predicted octanol–water partition coefficient (Wildman–Crippen LogP) is 8.48. The van der Waals surface area contributed by atoms with Gasteiger partial charge in [-0.3, -0.25) is 0 Å². The fourth-order valence-corrected chi connectivity index (χ4v) is 5.80. The van der Waals surface area contributed by atoms with Crippen LogP contribution in [-0.2, 0) is 10.8 Å². The van der Waals surface area contributed by atoms with E-state index in [0.717, 1.165) is 0 Å². The van der Waals surface area contributed by atoms with Gasteiger partial charge in [0, 0.05) is 10.8 Å². The largest absolute Gasteiger partial charge is 0.0683 e. The van der Waals surface area contributed by atoms with E-state index in [0.29, 0.717) is 0 Å². The summed E-state index contributed by atoms with van der Waals surface area (Å²) in [4.78, 5) is 0. The summed E-state index contributed by atoms with van der Waals surface area (Å²) in [7, 11) is 0. The van der Waals surface area contributed by atoms with Crippen molar-refractivity contribution in [1.29, 1.82) is 0 Å². The van der Waals surface area contributed by atoms with Crippen molar-refractivity contribution >= 4 is 10.8 Å². The summed E-state index contributed by atoms with van der Waals surface area (Å²) in [6.45, 7) is 13.5. The van der Waals surface area contributed by atoms with Crippen LogP contribution in [-0.4, -0.2) is 0 Å². The van der Waals surface area contributed by atoms with Crippen molar-refractivity contribution in [1.82, 2.24) is 0 Å². The van der Waals surface area contributed by atoms with Gasteiger partial charge in [0.2, 0.25) is 0 Å². The molecule has 0 heteroatoms. The standard InChI is InChI=1S/C28H24.C2H6/c1-27(2)21-11-7-5-9-17(21)19-14-16-24-26-20(13-15-23(27)25(19)26)18-10-6-8-12-22(18)28(24,3)4;1-2/h5-16H,1-4H3;1-2H3. The van der Waals surface area contributed by atoms with Gasteiger partial charge < -0.3 is 0 Å². The lowest BCUT2D eigenvalue weighted by molar-refractivity contribution is 0.637. The minimum atomic E-state index is 0.00184. The number of rotatable bonds is 0. The zero-order chi connectivity index (χ0) is 21.3. The molecule has 0 radical (unpaired) electrons. The molecule has 4 aromatic rings. The average molecular weight is 391 g/mol. The van der Waals surface area contributed by atoms with Gasteiger partial charge >= 0.3 is 0 Å². The molecule has 0 amide bonds. The Morgan fingerprint density at radius 1 is 0.400 bits per heavy atom. The third kappa shape index (κ3) is 2.23. The Morgan fingerprint density at radius 3 is 1.17 bits per heavy atom. The van der Waals surface area contributed by atoms with Gasteiger partial charge in [0.1, 0.15) is 0 Å². The summed E-state index contributed by atoms with van der Waals surface area (Å²) in [6, 6.07) is 27.4. The van der Waals surface area contributed by atoms with Gasteiger partial charge in [-0.2, -0.15) is 0 Å². The SMILES string of the molecule is CC.CC1(C)c2ccccc2-c2ccc3c4c(ccc1c24)-c1ccccc1C3(C)C. The lowest BCUT2D eigenvalue weighted by Crippen LogP contribution is -2.27. The molecule has 0 aromatic heterocycles. The van der Waals surface area contributed by atoms with Crippen molar-refractivity contribution in [3.05, 3.63) is 95.1 Å². The molecule has 0 saturated heterocycles. The molecule has 2 aliphatic carbocycles. The fourth-order valence-electron chi connectivity index (χ4n) is 5.80. The molecule has 150 valence electrons. The van der Waals surface area contributed by atoms with Gasteiger partial charge in [0.25, 0.3) is 0 Å². The second kappa shape index (κ2) is 6.32. The second-order valence-electron chi connectivity index (χ2n) is 9.41. The Hall–Kier alpha value is -2.86. The van der Waals surface area contributed by atoms with E-state index in [1.165, 1.54) is 55.3 Å². The van der Waals surface area contributed by atoms with Crippen molar-refractivity contribution in [3.8, 4) is 22.3 Å². The van der Waals surface area contributed by atoms with Crippen molar-refractivity contribution in [3.63, 3.8) is 0 Å². The highest BCUT2D eigenvalue weighted by Crippen LogP contribution is 2.55. The van der Waals surface area contributed by atoms with E-state index < -0.39 is 0 Å². The van der Waals surface area contributed by atoms with Crippen molar-refractivity contribution in [2.75, 3.05) is 0 Å². The summed E-state index contributed by atoms with van der Waals surface area (Å²) in [5, 5.41) is 2.92. The molecule has 2 aliphatic rings. The molecule has 30 heavy (non-hydrogen) atoms. The number of hydrogen-bond acceptors (Lipinski definition) is 0. The van der Waals surface area contributed by atoms with Crippen LogP contribution in [0.2, 0.25) is 0 Å². The Kier molecular flexibility index (Phi) is 4.03. The van der Waals surface area contributed by atoms with Crippen LogP contribution in [0.25, 0.3) is 33.0 Å². The first kappa shape index (κ1) is 19.1. The summed E-state index contributed by atoms with van der Waals surface area (Å²) in [5.74, 6) is 0. The summed E-state index contributed by atoms with van der Waals surface area (Å²) < 4.78 is 0. The molecule has 0 heterocycles. The number of hydrogen-bond donors (Lipinski definition) is 0. The van der Waals surface area contributed by atoms with Crippen LogP contribution >= 0.6 is 0 Å². The zero-order valence-corrected chi connectivity index (χ0v) is 18.9. The van der Waals surface area contributed by atoms with E-state index in [9.17, 15) is 0 Å². The molecule has 0 saturated carbocycles. The Bertz CT molecular complexity index is 1200. The van der Waals surface area contributed by atoms with Gasteiger partial charge in [-0.15, -0.1) is 0 Å². The molecule has 0 N–H and O–H groups in total. The summed E-state index contributed by atoms with van der Waals surface area (Å²) in [6.07, 6.45) is 0. The third-order valence-electron chi connectivity index (χ3n) is 7.29. The first-order valence-corrected chi connectivity index (χ1v) is 11.2. The molecule has 0 bridgehead atoms. The lowest BCUT2D eigenvalue weighted by Gasteiger charge is -2.40. The van der Waals surface area contributed by atoms with Crippen molar-refractivity contribution in [2.45, 2.75) is 52.4 Å². The highest BCUT2D eigenvalue weighted by Gasteiger charge is 2.38. The van der Waals surface area contributed by atoms with Crippen LogP contribution < -0.4 is 0 Å². The van der Waals surface area contributed by atoms with Crippen LogP contribution in [0.4, 0.5) is 0 Å². The Labute approximate surface area is 180 Å². The number of benzene rings is 4. The second-order valence-corrected chi connectivity index (χ2v) is 9.41. The zero-order valence-electron chi connectivity index (χ0n) is 18.9. The molecule has 0 atom stereocenters. The average Bonchev–Trinajstić information content (AvgIpc) is 2.77. The Balaban J connectivity index is 0.000000937. The van der Waals surface area contributed by atoms with Gasteiger partial charge in [-0.05, 0) is 55.3 Å². The molecule has 0 unspecified atom stereocenters. The van der Waals surface area contributed by atoms with Crippen LogP contribution in [0.3, 0.4) is 0 Å². The van der Waals surface area contributed by atoms with Crippen LogP contribution in [0, 0.1) is 0 Å². The van der Waals surface area contributed by atoms with Gasteiger partial charge in [-0.1, -0.05) is 114 Å². The normalized spacial score (nSPS) is 16.2. The topological polar surface area (TPSA) is 0 Å². The molecule has 0 spiro atoms. The lowest BCUT2D eigenvalue weighted by atomic mass is 9.63. The van der Waals surface area contributed by atoms with Crippen LogP contribution in [0.1, 0.15) is 63.8 Å². The van der Waals surface area contributed by atoms with Crippen molar-refractivity contribution in [2.24, 2.45) is 0 Å². The fraction of sp³-hybridized carbons (Fsp3) is 0.267. The molecule has 4 aromatic carbocycles. The molecule has 6 rings (SSSR count). The quantitative estimate of drug-likeness (QED) is 0.282. The summed E-state index contributed by atoms with van der Waals surface area (Å²) in [5.41, 5.74) is 11.3. The number of fused-ring (bicyclic) bond motifs is 4. The Morgan fingerprint density at radius 2 is 0.767 bits per heavy atom. The molecular formula is C30H30. The minimum Gasteiger partial charge on any atom is -0.0683 e. The monoisotopic (exact) mass is 390 g/mol. The molecule has 0 nitrogen and oxygen atoms in total. The predicted molar refractivity (Wildman–Crippen MR) is 130 cm³/mol. The van der Waals surface area contributed by atoms with Crippen LogP contribution in [0.5, 0.6) is 0 Å². The van der Waals surface area contributed by atoms with E-state index in [1.807, 2.05) is 13.8 Å². The molecule has 0 aliphatic heterocycles. The highest BCUT2D eigenvalue weighted by atomic mass is 14.4.